The summed E-state index contributed by atoms with van der Waals surface area (Å²) in [7, 11) is 0. The van der Waals surface area contributed by atoms with Gasteiger partial charge in [-0.15, -0.1) is 11.3 Å². The summed E-state index contributed by atoms with van der Waals surface area (Å²) >= 11 is 1.86. The highest BCUT2D eigenvalue weighted by Gasteiger charge is 2.18. The Hall–Kier alpha value is -6.74. The number of hydrogen-bond acceptors (Lipinski definition) is 2. The van der Waals surface area contributed by atoms with Crippen molar-refractivity contribution in [3.05, 3.63) is 212 Å². The van der Waals surface area contributed by atoms with Crippen LogP contribution in [0.2, 0.25) is 0 Å². The lowest BCUT2D eigenvalue weighted by Gasteiger charge is -2.28. The molecule has 1 aromatic heterocycles. The fraction of sp³-hybridized carbons (Fsp3) is 0. The Kier molecular flexibility index (Phi) is 8.09. The number of hydrogen-bond donors (Lipinski definition) is 0. The van der Waals surface area contributed by atoms with Gasteiger partial charge in [0.15, 0.2) is 0 Å². The topological polar surface area (TPSA) is 3.24 Å². The molecule has 0 aliphatic heterocycles. The van der Waals surface area contributed by atoms with Gasteiger partial charge in [0.2, 0.25) is 0 Å². The van der Waals surface area contributed by atoms with Crippen LogP contribution in [-0.4, -0.2) is 0 Å². The first-order chi connectivity index (χ1) is 26.7. The summed E-state index contributed by atoms with van der Waals surface area (Å²) in [6.07, 6.45) is 0. The maximum atomic E-state index is 2.41. The van der Waals surface area contributed by atoms with Gasteiger partial charge in [-0.05, 0) is 104 Å². The average Bonchev–Trinajstić information content (AvgIpc) is 3.63. The molecule has 0 saturated heterocycles. The predicted octanol–water partition coefficient (Wildman–Crippen LogP) is 15.3. The van der Waals surface area contributed by atoms with Crippen LogP contribution in [0.5, 0.6) is 0 Å². The standard InChI is InChI=1S/C52H35NS/c1-2-12-36(13-3-1)40-16-10-17-41(32-40)42-18-11-19-46(34-42)53(50-22-8-6-20-47(50)44-25-24-37-14-4-5-15-39(37)33-44)45-29-26-38(27-30-45)43-28-31-49-48-21-7-9-23-51(48)54-52(49)35-43/h1-35H. The molecule has 0 spiro atoms. The first-order valence-electron chi connectivity index (χ1n) is 18.4. The van der Waals surface area contributed by atoms with Crippen LogP contribution in [-0.2, 0) is 0 Å². The number of thiophene rings is 1. The van der Waals surface area contributed by atoms with Crippen molar-refractivity contribution in [2.24, 2.45) is 0 Å². The SMILES string of the molecule is c1ccc(-c2cccc(-c3cccc(N(c4ccc(-c5ccc6c(c5)sc5ccccc56)cc4)c4ccccc4-c4ccc5ccccc5c4)c3)c2)cc1. The van der Waals surface area contributed by atoms with E-state index in [2.05, 4.69) is 217 Å². The molecular weight excluding hydrogens is 671 g/mol. The van der Waals surface area contributed by atoms with Gasteiger partial charge in [-0.2, -0.15) is 0 Å². The lowest BCUT2D eigenvalue weighted by atomic mass is 9.97. The van der Waals surface area contributed by atoms with E-state index < -0.39 is 0 Å². The Morgan fingerprint density at radius 2 is 0.889 bits per heavy atom. The summed E-state index contributed by atoms with van der Waals surface area (Å²) in [5, 5.41) is 5.12. The molecule has 1 heterocycles. The van der Waals surface area contributed by atoms with E-state index in [0.717, 1.165) is 17.1 Å². The zero-order chi connectivity index (χ0) is 35.8. The second-order valence-corrected chi connectivity index (χ2v) is 14.9. The average molecular weight is 706 g/mol. The van der Waals surface area contributed by atoms with Crippen molar-refractivity contribution in [2.45, 2.75) is 0 Å². The molecule has 0 fully saturated rings. The predicted molar refractivity (Wildman–Crippen MR) is 233 cm³/mol. The van der Waals surface area contributed by atoms with E-state index in [1.165, 1.54) is 75.5 Å². The summed E-state index contributed by atoms with van der Waals surface area (Å²) in [5.41, 5.74) is 12.9. The van der Waals surface area contributed by atoms with Gasteiger partial charge < -0.3 is 4.90 Å². The molecule has 0 unspecified atom stereocenters. The molecule has 0 atom stereocenters. The normalized spacial score (nSPS) is 11.3. The number of benzene rings is 9. The van der Waals surface area contributed by atoms with Crippen molar-refractivity contribution in [2.75, 3.05) is 4.90 Å². The van der Waals surface area contributed by atoms with E-state index in [1.807, 2.05) is 11.3 Å². The summed E-state index contributed by atoms with van der Waals surface area (Å²) in [5.74, 6) is 0. The van der Waals surface area contributed by atoms with Gasteiger partial charge in [-0.1, -0.05) is 158 Å². The molecule has 1 nitrogen and oxygen atoms in total. The van der Waals surface area contributed by atoms with Gasteiger partial charge in [-0.3, -0.25) is 0 Å². The molecule has 0 aliphatic rings. The molecule has 0 saturated carbocycles. The lowest BCUT2D eigenvalue weighted by molar-refractivity contribution is 1.28. The van der Waals surface area contributed by atoms with Gasteiger partial charge in [-0.25, -0.2) is 0 Å². The minimum Gasteiger partial charge on any atom is -0.310 e. The van der Waals surface area contributed by atoms with E-state index in [9.17, 15) is 0 Å². The number of fused-ring (bicyclic) bond motifs is 4. The number of para-hydroxylation sites is 1. The van der Waals surface area contributed by atoms with Crippen LogP contribution in [0.1, 0.15) is 0 Å². The fourth-order valence-corrected chi connectivity index (χ4v) is 8.88. The summed E-state index contributed by atoms with van der Waals surface area (Å²) in [6.45, 7) is 0. The Balaban J connectivity index is 1.09. The molecule has 0 aliphatic carbocycles. The Morgan fingerprint density at radius 1 is 0.296 bits per heavy atom. The minimum absolute atomic E-state index is 1.10. The van der Waals surface area contributed by atoms with E-state index in [4.69, 9.17) is 0 Å². The third-order valence-electron chi connectivity index (χ3n) is 10.5. The highest BCUT2D eigenvalue weighted by molar-refractivity contribution is 7.25. The van der Waals surface area contributed by atoms with Gasteiger partial charge in [0.1, 0.15) is 0 Å². The van der Waals surface area contributed by atoms with E-state index >= 15 is 0 Å². The van der Waals surface area contributed by atoms with Crippen LogP contribution in [0.15, 0.2) is 212 Å². The molecule has 9 aromatic carbocycles. The van der Waals surface area contributed by atoms with Crippen LogP contribution < -0.4 is 4.90 Å². The second kappa shape index (κ2) is 13.7. The molecule has 10 aromatic rings. The third kappa shape index (κ3) is 5.93. The smallest absolute Gasteiger partial charge is 0.0540 e. The first kappa shape index (κ1) is 32.0. The van der Waals surface area contributed by atoms with Crippen molar-refractivity contribution in [1.82, 2.24) is 0 Å². The van der Waals surface area contributed by atoms with Gasteiger partial charge >= 0.3 is 0 Å². The van der Waals surface area contributed by atoms with Crippen LogP contribution in [0, 0.1) is 0 Å². The Bertz CT molecular complexity index is 2940. The molecule has 10 rings (SSSR count). The number of nitrogens with zero attached hydrogens (tertiary/aromatic N) is 1. The molecule has 254 valence electrons. The van der Waals surface area contributed by atoms with E-state index in [1.54, 1.807) is 0 Å². The van der Waals surface area contributed by atoms with Crippen LogP contribution in [0.3, 0.4) is 0 Å². The second-order valence-electron chi connectivity index (χ2n) is 13.8. The lowest BCUT2D eigenvalue weighted by Crippen LogP contribution is -2.11. The highest BCUT2D eigenvalue weighted by Crippen LogP contribution is 2.43. The monoisotopic (exact) mass is 705 g/mol. The zero-order valence-electron chi connectivity index (χ0n) is 29.6. The summed E-state index contributed by atoms with van der Waals surface area (Å²) in [4.78, 5) is 2.41. The highest BCUT2D eigenvalue weighted by atomic mass is 32.1. The van der Waals surface area contributed by atoms with Crippen molar-refractivity contribution in [3.63, 3.8) is 0 Å². The first-order valence-corrected chi connectivity index (χ1v) is 19.2. The maximum Gasteiger partial charge on any atom is 0.0540 e. The minimum atomic E-state index is 1.10. The Labute approximate surface area is 319 Å². The summed E-state index contributed by atoms with van der Waals surface area (Å²) < 4.78 is 2.65. The maximum absolute atomic E-state index is 2.41. The van der Waals surface area contributed by atoms with Crippen molar-refractivity contribution in [3.8, 4) is 44.5 Å². The van der Waals surface area contributed by atoms with Gasteiger partial charge in [0.05, 0.1) is 5.69 Å². The van der Waals surface area contributed by atoms with Crippen LogP contribution in [0.4, 0.5) is 17.1 Å². The molecule has 0 N–H and O–H groups in total. The quantitative estimate of drug-likeness (QED) is 0.160. The zero-order valence-corrected chi connectivity index (χ0v) is 30.4. The Morgan fingerprint density at radius 3 is 1.76 bits per heavy atom. The third-order valence-corrected chi connectivity index (χ3v) is 11.6. The van der Waals surface area contributed by atoms with Crippen LogP contribution in [0.25, 0.3) is 75.5 Å². The number of anilines is 3. The summed E-state index contributed by atoms with van der Waals surface area (Å²) in [6, 6.07) is 77.2. The van der Waals surface area contributed by atoms with Crippen molar-refractivity contribution < 1.29 is 0 Å². The van der Waals surface area contributed by atoms with E-state index in [0.29, 0.717) is 0 Å². The molecule has 0 radical (unpaired) electrons. The molecular formula is C52H35NS. The van der Waals surface area contributed by atoms with Crippen molar-refractivity contribution >= 4 is 59.3 Å². The van der Waals surface area contributed by atoms with Crippen molar-refractivity contribution in [1.29, 1.82) is 0 Å². The molecule has 0 bridgehead atoms. The van der Waals surface area contributed by atoms with Crippen LogP contribution >= 0.6 is 11.3 Å². The van der Waals surface area contributed by atoms with Gasteiger partial charge in [0.25, 0.3) is 0 Å². The molecule has 54 heavy (non-hydrogen) atoms. The van der Waals surface area contributed by atoms with E-state index in [-0.39, 0.29) is 0 Å². The fourth-order valence-electron chi connectivity index (χ4n) is 7.74. The van der Waals surface area contributed by atoms with Gasteiger partial charge in [0, 0.05) is 37.1 Å². The largest absolute Gasteiger partial charge is 0.310 e. The molecule has 2 heteroatoms. The number of rotatable bonds is 7. The molecule has 0 amide bonds.